The Kier molecular flexibility index (Phi) is 8.31. The van der Waals surface area contributed by atoms with E-state index >= 15 is 0 Å². The molecule has 0 aliphatic carbocycles. The van der Waals surface area contributed by atoms with Crippen LogP contribution < -0.4 is 9.47 Å². The van der Waals surface area contributed by atoms with E-state index in [1.807, 2.05) is 30.3 Å². The van der Waals surface area contributed by atoms with Gasteiger partial charge in [-0.25, -0.2) is 4.39 Å². The van der Waals surface area contributed by atoms with E-state index in [2.05, 4.69) is 4.90 Å². The highest BCUT2D eigenvalue weighted by molar-refractivity contribution is 7.99. The third kappa shape index (κ3) is 5.80. The molecule has 35 heavy (non-hydrogen) atoms. The van der Waals surface area contributed by atoms with Gasteiger partial charge in [-0.3, -0.25) is 4.90 Å². The molecule has 186 valence electrons. The largest absolute Gasteiger partial charge is 0.508 e. The first kappa shape index (κ1) is 25.5. The molecule has 1 fully saturated rings. The predicted octanol–water partition coefficient (Wildman–Crippen LogP) is 6.49. The van der Waals surface area contributed by atoms with Gasteiger partial charge in [0.25, 0.3) is 0 Å². The van der Waals surface area contributed by atoms with E-state index in [0.29, 0.717) is 12.4 Å². The molecule has 0 unspecified atom stereocenters. The molecule has 5 nitrogen and oxygen atoms in total. The predicted molar refractivity (Wildman–Crippen MR) is 138 cm³/mol. The van der Waals surface area contributed by atoms with E-state index in [9.17, 15) is 14.6 Å². The molecule has 8 heteroatoms. The minimum Gasteiger partial charge on any atom is -0.508 e. The Balaban J connectivity index is 0.00000289. The van der Waals surface area contributed by atoms with Gasteiger partial charge in [0.15, 0.2) is 11.6 Å². The van der Waals surface area contributed by atoms with E-state index in [-0.39, 0.29) is 28.3 Å². The quantitative estimate of drug-likeness (QED) is 0.389. The highest BCUT2D eigenvalue weighted by Gasteiger charge is 2.36. The SMILES string of the molecule is Cl.Oc1cccc([C@H]2Sc3c(ccc(O)c3F)O[C@H]2c2ccc(OCCN3CCCCC3)cc2)c1. The first-order valence-electron chi connectivity index (χ1n) is 11.7. The number of fused-ring (bicyclic) bond motifs is 1. The Morgan fingerprint density at radius 3 is 2.49 bits per heavy atom. The average molecular weight is 518 g/mol. The normalized spacial score (nSPS) is 19.8. The fourth-order valence-electron chi connectivity index (χ4n) is 4.53. The van der Waals surface area contributed by atoms with Crippen LogP contribution in [-0.4, -0.2) is 41.4 Å². The summed E-state index contributed by atoms with van der Waals surface area (Å²) >= 11 is 1.29. The average Bonchev–Trinajstić information content (AvgIpc) is 2.87. The van der Waals surface area contributed by atoms with Gasteiger partial charge in [-0.15, -0.1) is 24.2 Å². The number of likely N-dealkylation sites (tertiary alicyclic amines) is 1. The second-order valence-electron chi connectivity index (χ2n) is 8.72. The third-order valence-corrected chi connectivity index (χ3v) is 7.74. The number of hydrogen-bond acceptors (Lipinski definition) is 6. The molecule has 2 N–H and O–H groups in total. The first-order valence-corrected chi connectivity index (χ1v) is 12.6. The lowest BCUT2D eigenvalue weighted by Crippen LogP contribution is -2.33. The smallest absolute Gasteiger partial charge is 0.182 e. The van der Waals surface area contributed by atoms with Crippen molar-refractivity contribution in [1.29, 1.82) is 0 Å². The summed E-state index contributed by atoms with van der Waals surface area (Å²) in [5.74, 6) is 0.229. The number of nitrogens with zero attached hydrogens (tertiary/aromatic N) is 1. The monoisotopic (exact) mass is 517 g/mol. The summed E-state index contributed by atoms with van der Waals surface area (Å²) in [4.78, 5) is 2.71. The van der Waals surface area contributed by atoms with E-state index in [1.165, 1.54) is 37.1 Å². The minimum atomic E-state index is -0.691. The van der Waals surface area contributed by atoms with Gasteiger partial charge in [-0.05, 0) is 73.5 Å². The molecule has 0 saturated carbocycles. The molecule has 0 bridgehead atoms. The highest BCUT2D eigenvalue weighted by Crippen LogP contribution is 2.55. The van der Waals surface area contributed by atoms with Crippen LogP contribution >= 0.6 is 24.2 Å². The summed E-state index contributed by atoms with van der Waals surface area (Å²) in [6.07, 6.45) is 3.44. The Morgan fingerprint density at radius 1 is 0.971 bits per heavy atom. The van der Waals surface area contributed by atoms with Crippen LogP contribution in [0.15, 0.2) is 65.6 Å². The zero-order valence-electron chi connectivity index (χ0n) is 19.2. The number of aromatic hydroxyl groups is 2. The number of halogens is 2. The Labute approximate surface area is 215 Å². The van der Waals surface area contributed by atoms with Crippen LogP contribution in [0.2, 0.25) is 0 Å². The van der Waals surface area contributed by atoms with E-state index in [0.717, 1.165) is 36.5 Å². The van der Waals surface area contributed by atoms with Gasteiger partial charge in [-0.2, -0.15) is 0 Å². The van der Waals surface area contributed by atoms with Crippen LogP contribution in [0.25, 0.3) is 0 Å². The van der Waals surface area contributed by atoms with E-state index < -0.39 is 17.7 Å². The van der Waals surface area contributed by atoms with Gasteiger partial charge in [0, 0.05) is 6.54 Å². The molecule has 2 aliphatic heterocycles. The number of ether oxygens (including phenoxy) is 2. The van der Waals surface area contributed by atoms with Crippen molar-refractivity contribution in [2.75, 3.05) is 26.2 Å². The number of piperidine rings is 1. The van der Waals surface area contributed by atoms with Gasteiger partial charge >= 0.3 is 0 Å². The maximum Gasteiger partial charge on any atom is 0.182 e. The number of phenols is 2. The zero-order chi connectivity index (χ0) is 23.5. The van der Waals surface area contributed by atoms with Crippen LogP contribution in [0.1, 0.15) is 41.7 Å². The molecular formula is C27H29ClFNO4S. The van der Waals surface area contributed by atoms with Crippen molar-refractivity contribution in [1.82, 2.24) is 4.90 Å². The van der Waals surface area contributed by atoms with Gasteiger partial charge in [-0.1, -0.05) is 30.7 Å². The summed E-state index contributed by atoms with van der Waals surface area (Å²) in [6.45, 7) is 3.88. The molecule has 0 aromatic heterocycles. The molecular weight excluding hydrogens is 489 g/mol. The fourth-order valence-corrected chi connectivity index (χ4v) is 5.85. The Hall–Kier alpha value is -2.61. The van der Waals surface area contributed by atoms with E-state index in [4.69, 9.17) is 9.47 Å². The van der Waals surface area contributed by atoms with Crippen molar-refractivity contribution < 1.29 is 24.1 Å². The van der Waals surface area contributed by atoms with Crippen molar-refractivity contribution >= 4 is 24.2 Å². The Bertz CT molecular complexity index is 1140. The highest BCUT2D eigenvalue weighted by atomic mass is 35.5. The second kappa shape index (κ2) is 11.4. The van der Waals surface area contributed by atoms with Crippen LogP contribution in [0.3, 0.4) is 0 Å². The van der Waals surface area contributed by atoms with Crippen molar-refractivity contribution in [2.45, 2.75) is 35.5 Å². The van der Waals surface area contributed by atoms with Crippen molar-refractivity contribution in [3.05, 3.63) is 77.6 Å². The van der Waals surface area contributed by atoms with Crippen LogP contribution in [0.4, 0.5) is 4.39 Å². The summed E-state index contributed by atoms with van der Waals surface area (Å²) in [6, 6.07) is 17.6. The molecule has 2 aliphatic rings. The topological polar surface area (TPSA) is 62.2 Å². The van der Waals surface area contributed by atoms with Crippen molar-refractivity contribution in [3.63, 3.8) is 0 Å². The summed E-state index contributed by atoms with van der Waals surface area (Å²) in [7, 11) is 0. The summed E-state index contributed by atoms with van der Waals surface area (Å²) in [5.41, 5.74) is 1.73. The van der Waals surface area contributed by atoms with Gasteiger partial charge in [0.1, 0.15) is 30.0 Å². The number of thioether (sulfide) groups is 1. The first-order chi connectivity index (χ1) is 16.6. The molecule has 0 radical (unpaired) electrons. The van der Waals surface area contributed by atoms with Crippen molar-refractivity contribution in [2.24, 2.45) is 0 Å². The second-order valence-corrected chi connectivity index (χ2v) is 9.87. The standard InChI is InChI=1S/C27H28FNO4S.ClH/c28-24-22(31)11-12-23-27(24)34-26(19-5-4-6-20(30)17-19)25(33-23)18-7-9-21(10-8-18)32-16-15-29-13-2-1-3-14-29;/h4-12,17,25-26,30-31H,1-3,13-16H2;1H/t25-,26+;/m0./s1. The molecule has 3 aromatic rings. The molecule has 0 amide bonds. The fraction of sp³-hybridized carbons (Fsp3) is 0.333. The molecule has 2 heterocycles. The maximum absolute atomic E-state index is 14.7. The minimum absolute atomic E-state index is 0. The molecule has 5 rings (SSSR count). The lowest BCUT2D eigenvalue weighted by atomic mass is 9.99. The molecule has 1 saturated heterocycles. The number of phenolic OH excluding ortho intramolecular Hbond substituents is 2. The van der Waals surface area contributed by atoms with Crippen LogP contribution in [0.5, 0.6) is 23.0 Å². The molecule has 0 spiro atoms. The maximum atomic E-state index is 14.7. The van der Waals surface area contributed by atoms with Gasteiger partial charge in [0.05, 0.1) is 10.1 Å². The number of hydrogen-bond donors (Lipinski definition) is 2. The van der Waals surface area contributed by atoms with Crippen molar-refractivity contribution in [3.8, 4) is 23.0 Å². The van der Waals surface area contributed by atoms with Crippen LogP contribution in [0, 0.1) is 5.82 Å². The zero-order valence-corrected chi connectivity index (χ0v) is 20.9. The lowest BCUT2D eigenvalue weighted by Gasteiger charge is -2.34. The van der Waals surface area contributed by atoms with Gasteiger partial charge in [0.2, 0.25) is 0 Å². The van der Waals surface area contributed by atoms with Gasteiger partial charge < -0.3 is 19.7 Å². The van der Waals surface area contributed by atoms with E-state index in [1.54, 1.807) is 24.3 Å². The Morgan fingerprint density at radius 2 is 1.74 bits per heavy atom. The number of benzene rings is 3. The summed E-state index contributed by atoms with van der Waals surface area (Å²) < 4.78 is 26.9. The summed E-state index contributed by atoms with van der Waals surface area (Å²) in [5, 5.41) is 19.5. The molecule has 2 atom stereocenters. The van der Waals surface area contributed by atoms with Crippen LogP contribution in [-0.2, 0) is 0 Å². The number of rotatable bonds is 6. The third-order valence-electron chi connectivity index (χ3n) is 6.35. The lowest BCUT2D eigenvalue weighted by molar-refractivity contribution is 0.182. The molecule has 3 aromatic carbocycles.